The highest BCUT2D eigenvalue weighted by Gasteiger charge is 2.30. The first-order valence-electron chi connectivity index (χ1n) is 10.6. The minimum Gasteiger partial charge on any atom is -0.411 e. The van der Waals surface area contributed by atoms with E-state index in [0.29, 0.717) is 35.3 Å². The van der Waals surface area contributed by atoms with E-state index in [1.807, 2.05) is 19.1 Å². The fourth-order valence-corrected chi connectivity index (χ4v) is 3.78. The van der Waals surface area contributed by atoms with Gasteiger partial charge in [0.2, 0.25) is 5.95 Å². The Kier molecular flexibility index (Phi) is 6.32. The topological polar surface area (TPSA) is 76.5 Å². The van der Waals surface area contributed by atoms with Crippen LogP contribution in [0.5, 0.6) is 0 Å². The monoisotopic (exact) mass is 472 g/mol. The number of anilines is 1. The number of halogens is 3. The third kappa shape index (κ3) is 4.75. The van der Waals surface area contributed by atoms with E-state index >= 15 is 0 Å². The second kappa shape index (κ2) is 9.20. The van der Waals surface area contributed by atoms with Crippen molar-refractivity contribution in [3.05, 3.63) is 92.4 Å². The average molecular weight is 472 g/mol. The Morgan fingerprint density at radius 2 is 1.79 bits per heavy atom. The summed E-state index contributed by atoms with van der Waals surface area (Å²) in [6.45, 7) is 2.59. The lowest BCUT2D eigenvalue weighted by molar-refractivity contribution is -0.137. The largest absolute Gasteiger partial charge is 0.416 e. The van der Waals surface area contributed by atoms with Gasteiger partial charge in [-0.05, 0) is 36.8 Å². The predicted molar refractivity (Wildman–Crippen MR) is 119 cm³/mol. The number of nitrogens with zero attached hydrogens (tertiary/aromatic N) is 3. The van der Waals surface area contributed by atoms with E-state index < -0.39 is 17.3 Å². The SMILES string of the molecule is COn1c(NCc2ccc(C(F)(F)F)cc2)nc2c(c1=O)CN(C(=O)c1ccc(C)cc1)CC2. The summed E-state index contributed by atoms with van der Waals surface area (Å²) in [6, 6.07) is 12.0. The predicted octanol–water partition coefficient (Wildman–Crippen LogP) is 3.44. The van der Waals surface area contributed by atoms with E-state index in [0.717, 1.165) is 22.4 Å². The number of hydrogen-bond acceptors (Lipinski definition) is 5. The zero-order valence-corrected chi connectivity index (χ0v) is 18.6. The second-order valence-corrected chi connectivity index (χ2v) is 8.03. The Morgan fingerprint density at radius 1 is 1.12 bits per heavy atom. The van der Waals surface area contributed by atoms with Crippen LogP contribution < -0.4 is 15.7 Å². The fourth-order valence-electron chi connectivity index (χ4n) is 3.78. The molecule has 1 N–H and O–H groups in total. The summed E-state index contributed by atoms with van der Waals surface area (Å²) in [5.74, 6) is -0.0250. The first kappa shape index (κ1) is 23.3. The van der Waals surface area contributed by atoms with Gasteiger partial charge in [0.25, 0.3) is 11.5 Å². The molecule has 0 spiro atoms. The molecule has 0 unspecified atom stereocenters. The van der Waals surface area contributed by atoms with Crippen LogP contribution in [0.4, 0.5) is 19.1 Å². The van der Waals surface area contributed by atoms with E-state index in [9.17, 15) is 22.8 Å². The van der Waals surface area contributed by atoms with Gasteiger partial charge in [0.05, 0.1) is 23.4 Å². The maximum absolute atomic E-state index is 13.1. The highest BCUT2D eigenvalue weighted by molar-refractivity contribution is 5.94. The third-order valence-electron chi connectivity index (χ3n) is 5.69. The summed E-state index contributed by atoms with van der Waals surface area (Å²) in [7, 11) is 1.32. The van der Waals surface area contributed by atoms with Crippen LogP contribution in [0.25, 0.3) is 0 Å². The van der Waals surface area contributed by atoms with Crippen molar-refractivity contribution in [3.8, 4) is 0 Å². The highest BCUT2D eigenvalue weighted by atomic mass is 19.4. The molecule has 2 aromatic carbocycles. The molecule has 7 nitrogen and oxygen atoms in total. The van der Waals surface area contributed by atoms with Gasteiger partial charge in [0, 0.05) is 25.1 Å². The number of aryl methyl sites for hydroxylation is 1. The molecule has 0 bridgehead atoms. The van der Waals surface area contributed by atoms with Crippen molar-refractivity contribution in [3.63, 3.8) is 0 Å². The smallest absolute Gasteiger partial charge is 0.411 e. The average Bonchev–Trinajstić information content (AvgIpc) is 2.82. The number of aromatic nitrogens is 2. The van der Waals surface area contributed by atoms with Gasteiger partial charge in [-0.15, -0.1) is 4.73 Å². The molecule has 1 aromatic heterocycles. The van der Waals surface area contributed by atoms with Crippen LogP contribution >= 0.6 is 0 Å². The number of rotatable bonds is 5. The number of carbonyl (C=O) groups is 1. The molecule has 0 atom stereocenters. The fraction of sp³-hybridized carbons (Fsp3) is 0.292. The summed E-state index contributed by atoms with van der Waals surface area (Å²) in [6.07, 6.45) is -4.01. The summed E-state index contributed by atoms with van der Waals surface area (Å²) >= 11 is 0. The minimum atomic E-state index is -4.41. The molecule has 4 rings (SSSR count). The molecule has 3 aromatic rings. The van der Waals surface area contributed by atoms with E-state index in [2.05, 4.69) is 10.3 Å². The molecule has 0 fully saturated rings. The van der Waals surface area contributed by atoms with Gasteiger partial charge in [0.1, 0.15) is 7.11 Å². The first-order valence-corrected chi connectivity index (χ1v) is 10.6. The Hall–Kier alpha value is -3.82. The van der Waals surface area contributed by atoms with Crippen LogP contribution in [0.1, 0.15) is 38.3 Å². The molecule has 178 valence electrons. The highest BCUT2D eigenvalue weighted by Crippen LogP contribution is 2.29. The zero-order valence-electron chi connectivity index (χ0n) is 18.6. The standard InChI is InChI=1S/C24H23F3N4O3/c1-15-3-7-17(8-4-15)21(32)30-12-11-20-19(14-30)22(33)31(34-2)23(29-20)28-13-16-5-9-18(10-6-16)24(25,26)27/h3-10H,11-14H2,1-2H3,(H,28,29). The quantitative estimate of drug-likeness (QED) is 0.616. The number of benzene rings is 2. The van der Waals surface area contributed by atoms with Crippen LogP contribution in [0.15, 0.2) is 53.3 Å². The molecule has 0 saturated carbocycles. The van der Waals surface area contributed by atoms with Crippen LogP contribution in [0.2, 0.25) is 0 Å². The van der Waals surface area contributed by atoms with Gasteiger partial charge < -0.3 is 15.1 Å². The molecule has 0 aliphatic carbocycles. The van der Waals surface area contributed by atoms with Gasteiger partial charge in [-0.1, -0.05) is 29.8 Å². The third-order valence-corrected chi connectivity index (χ3v) is 5.69. The molecule has 0 radical (unpaired) electrons. The van der Waals surface area contributed by atoms with Gasteiger partial charge in [-0.2, -0.15) is 13.2 Å². The van der Waals surface area contributed by atoms with Crippen molar-refractivity contribution in [2.75, 3.05) is 19.0 Å². The molecular weight excluding hydrogens is 449 g/mol. The van der Waals surface area contributed by atoms with Crippen molar-refractivity contribution in [2.45, 2.75) is 32.6 Å². The van der Waals surface area contributed by atoms with Crippen molar-refractivity contribution >= 4 is 11.9 Å². The summed E-state index contributed by atoms with van der Waals surface area (Å²) < 4.78 is 39.3. The molecular formula is C24H23F3N4O3. The summed E-state index contributed by atoms with van der Waals surface area (Å²) in [4.78, 5) is 37.3. The van der Waals surface area contributed by atoms with Crippen molar-refractivity contribution in [1.82, 2.24) is 14.6 Å². The van der Waals surface area contributed by atoms with Gasteiger partial charge >= 0.3 is 6.18 Å². The molecule has 34 heavy (non-hydrogen) atoms. The Balaban J connectivity index is 1.53. The molecule has 0 saturated heterocycles. The number of fused-ring (bicyclic) bond motifs is 1. The summed E-state index contributed by atoms with van der Waals surface area (Å²) in [5.41, 5.74) is 1.92. The molecule has 1 aliphatic rings. The molecule has 2 heterocycles. The van der Waals surface area contributed by atoms with Crippen LogP contribution in [-0.2, 0) is 25.7 Å². The van der Waals surface area contributed by atoms with Gasteiger partial charge in [-0.25, -0.2) is 4.98 Å². The van der Waals surface area contributed by atoms with Crippen molar-refractivity contribution in [1.29, 1.82) is 0 Å². The molecule has 1 amide bonds. The number of amides is 1. The minimum absolute atomic E-state index is 0.108. The zero-order chi connectivity index (χ0) is 24.5. The number of nitrogens with one attached hydrogen (secondary N) is 1. The van der Waals surface area contributed by atoms with Crippen LogP contribution in [0, 0.1) is 6.92 Å². The maximum Gasteiger partial charge on any atom is 0.416 e. The molecule has 10 heteroatoms. The van der Waals surface area contributed by atoms with E-state index in [1.165, 1.54) is 19.2 Å². The van der Waals surface area contributed by atoms with Gasteiger partial charge in [0.15, 0.2) is 0 Å². The lowest BCUT2D eigenvalue weighted by Crippen LogP contribution is -2.42. The summed E-state index contributed by atoms with van der Waals surface area (Å²) in [5, 5.41) is 2.96. The Morgan fingerprint density at radius 3 is 2.41 bits per heavy atom. The van der Waals surface area contributed by atoms with Crippen molar-refractivity contribution in [2.24, 2.45) is 0 Å². The van der Waals surface area contributed by atoms with E-state index in [-0.39, 0.29) is 24.9 Å². The lowest BCUT2D eigenvalue weighted by Gasteiger charge is -2.28. The van der Waals surface area contributed by atoms with E-state index in [1.54, 1.807) is 17.0 Å². The van der Waals surface area contributed by atoms with Crippen LogP contribution in [-0.4, -0.2) is 34.2 Å². The van der Waals surface area contributed by atoms with Crippen LogP contribution in [0.3, 0.4) is 0 Å². The Labute approximate surface area is 193 Å². The van der Waals surface area contributed by atoms with Gasteiger partial charge in [-0.3, -0.25) is 9.59 Å². The molecule has 1 aliphatic heterocycles. The first-order chi connectivity index (χ1) is 16.2. The number of carbonyl (C=O) groups excluding carboxylic acids is 1. The number of hydrogen-bond donors (Lipinski definition) is 1. The second-order valence-electron chi connectivity index (χ2n) is 8.03. The number of alkyl halides is 3. The lowest BCUT2D eigenvalue weighted by atomic mass is 10.1. The van der Waals surface area contributed by atoms with E-state index in [4.69, 9.17) is 4.84 Å². The Bertz CT molecular complexity index is 1250. The maximum atomic E-state index is 13.1. The normalized spacial score (nSPS) is 13.4. The van der Waals surface area contributed by atoms with Crippen molar-refractivity contribution < 1.29 is 22.8 Å².